The third kappa shape index (κ3) is 4.81. The molecule has 6 nitrogen and oxygen atoms in total. The summed E-state index contributed by atoms with van der Waals surface area (Å²) in [6.45, 7) is 6.28. The second-order valence-corrected chi connectivity index (χ2v) is 10.3. The number of aliphatic hydroxyl groups excluding tert-OH is 1. The van der Waals surface area contributed by atoms with Crippen molar-refractivity contribution >= 4 is 28.8 Å². The largest absolute Gasteiger partial charge is 0.507 e. The van der Waals surface area contributed by atoms with Gasteiger partial charge in [0, 0.05) is 25.5 Å². The number of ketones is 1. The lowest BCUT2D eigenvalue weighted by molar-refractivity contribution is -0.132. The van der Waals surface area contributed by atoms with Gasteiger partial charge in [0.05, 0.1) is 24.3 Å². The van der Waals surface area contributed by atoms with Gasteiger partial charge >= 0.3 is 0 Å². The van der Waals surface area contributed by atoms with Crippen molar-refractivity contribution in [3.05, 3.63) is 94.8 Å². The zero-order valence-corrected chi connectivity index (χ0v) is 21.9. The molecule has 1 aliphatic rings. The van der Waals surface area contributed by atoms with Gasteiger partial charge in [-0.25, -0.2) is 4.39 Å². The summed E-state index contributed by atoms with van der Waals surface area (Å²) in [4.78, 5) is 30.1. The quantitative estimate of drug-likeness (QED) is 0.270. The molecule has 0 bridgehead atoms. The zero-order chi connectivity index (χ0) is 27.1. The van der Waals surface area contributed by atoms with E-state index in [0.29, 0.717) is 11.3 Å². The number of benzene rings is 3. The smallest absolute Gasteiger partial charge is 0.300 e. The Kier molecular flexibility index (Phi) is 6.82. The van der Waals surface area contributed by atoms with Crippen LogP contribution in [0.15, 0.2) is 72.3 Å². The van der Waals surface area contributed by atoms with Crippen molar-refractivity contribution in [2.24, 2.45) is 0 Å². The summed E-state index contributed by atoms with van der Waals surface area (Å²) in [5.41, 5.74) is 2.92. The first kappa shape index (κ1) is 25.9. The van der Waals surface area contributed by atoms with Crippen molar-refractivity contribution in [3.63, 3.8) is 0 Å². The van der Waals surface area contributed by atoms with Gasteiger partial charge in [-0.1, -0.05) is 45.0 Å². The van der Waals surface area contributed by atoms with Crippen LogP contribution in [-0.4, -0.2) is 38.0 Å². The summed E-state index contributed by atoms with van der Waals surface area (Å²) in [5.74, 6) is -2.55. The van der Waals surface area contributed by atoms with Crippen LogP contribution in [0.1, 0.15) is 43.5 Å². The van der Waals surface area contributed by atoms with Gasteiger partial charge in [-0.05, 0) is 59.0 Å². The van der Waals surface area contributed by atoms with Gasteiger partial charge in [0.25, 0.3) is 11.7 Å². The Balaban J connectivity index is 1.95. The highest BCUT2D eigenvalue weighted by Crippen LogP contribution is 2.44. The molecule has 7 heteroatoms. The highest BCUT2D eigenvalue weighted by Gasteiger charge is 2.47. The second kappa shape index (κ2) is 9.73. The van der Waals surface area contributed by atoms with Gasteiger partial charge in [-0.3, -0.25) is 14.5 Å². The first-order chi connectivity index (χ1) is 17.4. The fraction of sp³-hybridized carbons (Fsp3) is 0.267. The summed E-state index contributed by atoms with van der Waals surface area (Å²) in [6.07, 6.45) is 0. The highest BCUT2D eigenvalue weighted by molar-refractivity contribution is 6.51. The van der Waals surface area contributed by atoms with E-state index in [1.807, 2.05) is 55.4 Å². The molecule has 0 spiro atoms. The SMILES string of the molecule is COc1ccc(F)cc1/C(O)=C1\C(=O)C(=O)N(c2ccc(N(C)C)cc2)C1c1ccc(C(C)(C)C)cc1. The molecule has 1 N–H and O–H groups in total. The maximum Gasteiger partial charge on any atom is 0.300 e. The predicted octanol–water partition coefficient (Wildman–Crippen LogP) is 5.82. The van der Waals surface area contributed by atoms with E-state index in [0.717, 1.165) is 17.3 Å². The van der Waals surface area contributed by atoms with Crippen LogP contribution in [0.25, 0.3) is 5.76 Å². The predicted molar refractivity (Wildman–Crippen MR) is 144 cm³/mol. The molecule has 0 saturated carbocycles. The Morgan fingerprint density at radius 3 is 2.14 bits per heavy atom. The minimum absolute atomic E-state index is 0.000215. The number of carbonyl (C=O) groups is 2. The molecule has 37 heavy (non-hydrogen) atoms. The maximum absolute atomic E-state index is 14.2. The second-order valence-electron chi connectivity index (χ2n) is 10.3. The van der Waals surface area contributed by atoms with Crippen LogP contribution in [0, 0.1) is 5.82 Å². The molecule has 1 fully saturated rings. The van der Waals surface area contributed by atoms with E-state index >= 15 is 0 Å². The van der Waals surface area contributed by atoms with Gasteiger partial charge in [-0.2, -0.15) is 0 Å². The Labute approximate surface area is 216 Å². The number of rotatable bonds is 5. The molecule has 4 rings (SSSR count). The van der Waals surface area contributed by atoms with Crippen LogP contribution in [0.2, 0.25) is 0 Å². The van der Waals surface area contributed by atoms with Gasteiger partial charge in [-0.15, -0.1) is 0 Å². The van der Waals surface area contributed by atoms with E-state index in [9.17, 15) is 19.1 Å². The minimum atomic E-state index is -0.924. The number of hydrogen-bond acceptors (Lipinski definition) is 5. The molecule has 0 aromatic heterocycles. The van der Waals surface area contributed by atoms with Crippen molar-refractivity contribution in [1.82, 2.24) is 0 Å². The molecule has 1 saturated heterocycles. The zero-order valence-electron chi connectivity index (χ0n) is 21.9. The lowest BCUT2D eigenvalue weighted by atomic mass is 9.85. The van der Waals surface area contributed by atoms with E-state index in [1.54, 1.807) is 12.1 Å². The molecular weight excluding hydrogens is 471 g/mol. The van der Waals surface area contributed by atoms with Gasteiger partial charge in [0.2, 0.25) is 0 Å². The fourth-order valence-corrected chi connectivity index (χ4v) is 4.50. The number of hydrogen-bond donors (Lipinski definition) is 1. The fourth-order valence-electron chi connectivity index (χ4n) is 4.50. The minimum Gasteiger partial charge on any atom is -0.507 e. The highest BCUT2D eigenvalue weighted by atomic mass is 19.1. The molecule has 1 unspecified atom stereocenters. The van der Waals surface area contributed by atoms with Gasteiger partial charge in [0.15, 0.2) is 0 Å². The Hall–Kier alpha value is -4.13. The Morgan fingerprint density at radius 2 is 1.59 bits per heavy atom. The molecule has 1 atom stereocenters. The molecule has 0 radical (unpaired) electrons. The Bertz CT molecular complexity index is 1370. The normalized spacial score (nSPS) is 17.3. The van der Waals surface area contributed by atoms with Crippen LogP contribution in [-0.2, 0) is 15.0 Å². The van der Waals surface area contributed by atoms with Crippen molar-refractivity contribution < 1.29 is 23.8 Å². The standard InChI is InChI=1S/C30H31FN2O4/c1-30(2,3)19-9-7-18(8-10-19)26-25(27(34)23-17-20(31)11-16-24(23)37-6)28(35)29(36)33(26)22-14-12-21(13-15-22)32(4)5/h7-17,26,34H,1-6H3/b27-25+. The lowest BCUT2D eigenvalue weighted by Crippen LogP contribution is -2.29. The summed E-state index contributed by atoms with van der Waals surface area (Å²) >= 11 is 0. The number of carbonyl (C=O) groups excluding carboxylic acids is 2. The van der Waals surface area contributed by atoms with Crippen molar-refractivity contribution in [1.29, 1.82) is 0 Å². The first-order valence-corrected chi connectivity index (χ1v) is 12.0. The Morgan fingerprint density at radius 1 is 0.973 bits per heavy atom. The van der Waals surface area contributed by atoms with Crippen molar-refractivity contribution in [2.45, 2.75) is 32.2 Å². The number of ether oxygens (including phenoxy) is 1. The lowest BCUT2D eigenvalue weighted by Gasteiger charge is -2.27. The third-order valence-corrected chi connectivity index (χ3v) is 6.60. The average Bonchev–Trinajstić information content (AvgIpc) is 3.13. The maximum atomic E-state index is 14.2. The van der Waals surface area contributed by atoms with E-state index < -0.39 is 29.3 Å². The molecular formula is C30H31FN2O4. The molecule has 3 aromatic rings. The van der Waals surface area contributed by atoms with E-state index in [1.165, 1.54) is 24.1 Å². The van der Waals surface area contributed by atoms with Crippen molar-refractivity contribution in [3.8, 4) is 5.75 Å². The van der Waals surface area contributed by atoms with Crippen LogP contribution >= 0.6 is 0 Å². The number of aliphatic hydroxyl groups is 1. The van der Waals surface area contributed by atoms with E-state index in [4.69, 9.17) is 4.74 Å². The first-order valence-electron chi connectivity index (χ1n) is 12.0. The van der Waals surface area contributed by atoms with Crippen LogP contribution in [0.5, 0.6) is 5.75 Å². The number of methoxy groups -OCH3 is 1. The summed E-state index contributed by atoms with van der Waals surface area (Å²) < 4.78 is 19.5. The molecule has 1 heterocycles. The van der Waals surface area contributed by atoms with Gasteiger partial charge < -0.3 is 14.7 Å². The van der Waals surface area contributed by atoms with E-state index in [-0.39, 0.29) is 22.3 Å². The van der Waals surface area contributed by atoms with Crippen molar-refractivity contribution in [2.75, 3.05) is 31.0 Å². The number of halogens is 1. The molecule has 3 aromatic carbocycles. The number of amides is 1. The summed E-state index contributed by atoms with van der Waals surface area (Å²) in [6, 6.07) is 17.6. The third-order valence-electron chi connectivity index (χ3n) is 6.60. The van der Waals surface area contributed by atoms with Gasteiger partial charge in [0.1, 0.15) is 17.3 Å². The topological polar surface area (TPSA) is 70.1 Å². The van der Waals surface area contributed by atoms with E-state index in [2.05, 4.69) is 20.8 Å². The van der Waals surface area contributed by atoms with Crippen LogP contribution in [0.3, 0.4) is 0 Å². The number of anilines is 2. The summed E-state index contributed by atoms with van der Waals surface area (Å²) in [5, 5.41) is 11.4. The monoisotopic (exact) mass is 502 g/mol. The summed E-state index contributed by atoms with van der Waals surface area (Å²) in [7, 11) is 5.20. The molecule has 1 aliphatic heterocycles. The van der Waals surface area contributed by atoms with Crippen LogP contribution in [0.4, 0.5) is 15.8 Å². The number of Topliss-reactive ketones (excluding diaryl/α,β-unsaturated/α-hetero) is 1. The molecule has 1 amide bonds. The number of nitrogens with zero attached hydrogens (tertiary/aromatic N) is 2. The molecule has 192 valence electrons. The van der Waals surface area contributed by atoms with Crippen LogP contribution < -0.4 is 14.5 Å². The molecule has 0 aliphatic carbocycles. The average molecular weight is 503 g/mol.